The molecule has 1 aromatic carbocycles. The maximum atomic E-state index is 13.3. The van der Waals surface area contributed by atoms with Crippen molar-refractivity contribution in [2.75, 3.05) is 4.90 Å². The standard InChI is InChI=1S/C14H13FN2O3/c15-9-4-3-5-10(8-9)17-12(19)14(6-1-2-7-14)11(18)16-13(17)20/h3-5,8H,1-2,6-7H2,(H,16,18,20). The Morgan fingerprint density at radius 1 is 1.15 bits per heavy atom. The van der Waals surface area contributed by atoms with Crippen molar-refractivity contribution >= 4 is 23.5 Å². The van der Waals surface area contributed by atoms with Gasteiger partial charge >= 0.3 is 6.03 Å². The number of rotatable bonds is 1. The van der Waals surface area contributed by atoms with E-state index in [1.54, 1.807) is 0 Å². The first-order chi connectivity index (χ1) is 9.54. The van der Waals surface area contributed by atoms with E-state index in [9.17, 15) is 18.8 Å². The van der Waals surface area contributed by atoms with Crippen LogP contribution in [-0.4, -0.2) is 17.8 Å². The van der Waals surface area contributed by atoms with Crippen molar-refractivity contribution < 1.29 is 18.8 Å². The monoisotopic (exact) mass is 276 g/mol. The number of urea groups is 1. The van der Waals surface area contributed by atoms with E-state index in [-0.39, 0.29) is 5.69 Å². The number of anilines is 1. The van der Waals surface area contributed by atoms with Gasteiger partial charge in [0.25, 0.3) is 5.91 Å². The highest BCUT2D eigenvalue weighted by Gasteiger charge is 2.55. The van der Waals surface area contributed by atoms with Gasteiger partial charge in [0, 0.05) is 0 Å². The summed E-state index contributed by atoms with van der Waals surface area (Å²) in [5.74, 6) is -1.62. The van der Waals surface area contributed by atoms with Gasteiger partial charge in [-0.1, -0.05) is 18.9 Å². The van der Waals surface area contributed by atoms with Gasteiger partial charge in [0.1, 0.15) is 11.2 Å². The third-order valence-electron chi connectivity index (χ3n) is 3.99. The van der Waals surface area contributed by atoms with E-state index in [4.69, 9.17) is 0 Å². The van der Waals surface area contributed by atoms with E-state index in [0.717, 1.165) is 23.8 Å². The molecule has 3 rings (SSSR count). The van der Waals surface area contributed by atoms with Gasteiger partial charge in [0.15, 0.2) is 0 Å². The number of hydrogen-bond donors (Lipinski definition) is 1. The summed E-state index contributed by atoms with van der Waals surface area (Å²) in [6.07, 6.45) is 2.39. The van der Waals surface area contributed by atoms with Crippen LogP contribution in [0.3, 0.4) is 0 Å². The van der Waals surface area contributed by atoms with Crippen molar-refractivity contribution in [3.63, 3.8) is 0 Å². The number of hydrogen-bond acceptors (Lipinski definition) is 3. The van der Waals surface area contributed by atoms with Gasteiger partial charge in [-0.05, 0) is 31.0 Å². The van der Waals surface area contributed by atoms with Crippen LogP contribution in [0.5, 0.6) is 0 Å². The van der Waals surface area contributed by atoms with Crippen molar-refractivity contribution in [2.45, 2.75) is 25.7 Å². The van der Waals surface area contributed by atoms with E-state index in [0.29, 0.717) is 12.8 Å². The molecule has 0 unspecified atom stereocenters. The molecule has 1 saturated carbocycles. The first-order valence-corrected chi connectivity index (χ1v) is 6.50. The van der Waals surface area contributed by atoms with Gasteiger partial charge in [-0.3, -0.25) is 14.9 Å². The van der Waals surface area contributed by atoms with Crippen LogP contribution in [0.25, 0.3) is 0 Å². The molecule has 0 radical (unpaired) electrons. The SMILES string of the molecule is O=C1NC(=O)C2(CCCC2)C(=O)N1c1cccc(F)c1. The topological polar surface area (TPSA) is 66.5 Å². The van der Waals surface area contributed by atoms with E-state index in [1.807, 2.05) is 0 Å². The molecule has 0 aromatic heterocycles. The molecule has 4 amide bonds. The van der Waals surface area contributed by atoms with Gasteiger partial charge in [-0.2, -0.15) is 0 Å². The first-order valence-electron chi connectivity index (χ1n) is 6.50. The molecule has 1 saturated heterocycles. The van der Waals surface area contributed by atoms with Crippen LogP contribution in [0, 0.1) is 11.2 Å². The van der Waals surface area contributed by atoms with E-state index in [1.165, 1.54) is 18.2 Å². The lowest BCUT2D eigenvalue weighted by atomic mass is 9.82. The predicted molar refractivity (Wildman–Crippen MR) is 68.3 cm³/mol. The molecular formula is C14H13FN2O3. The quantitative estimate of drug-likeness (QED) is 0.797. The Labute approximate surface area is 114 Å². The first kappa shape index (κ1) is 12.8. The molecule has 2 aliphatic rings. The average molecular weight is 276 g/mol. The normalized spacial score (nSPS) is 21.4. The predicted octanol–water partition coefficient (Wildman–Crippen LogP) is 1.97. The Morgan fingerprint density at radius 2 is 1.85 bits per heavy atom. The number of amides is 4. The van der Waals surface area contributed by atoms with Gasteiger partial charge in [-0.25, -0.2) is 14.1 Å². The molecule has 1 spiro atoms. The number of nitrogens with one attached hydrogen (secondary N) is 1. The largest absolute Gasteiger partial charge is 0.335 e. The number of benzene rings is 1. The summed E-state index contributed by atoms with van der Waals surface area (Å²) < 4.78 is 13.3. The molecular weight excluding hydrogens is 263 g/mol. The minimum atomic E-state index is -1.17. The Hall–Kier alpha value is -2.24. The van der Waals surface area contributed by atoms with E-state index < -0.39 is 29.1 Å². The lowest BCUT2D eigenvalue weighted by molar-refractivity contribution is -0.142. The Bertz CT molecular complexity index is 608. The Balaban J connectivity index is 2.04. The van der Waals surface area contributed by atoms with Gasteiger partial charge in [-0.15, -0.1) is 0 Å². The summed E-state index contributed by atoms with van der Waals surface area (Å²) >= 11 is 0. The molecule has 6 heteroatoms. The van der Waals surface area contributed by atoms with Gasteiger partial charge in [0.2, 0.25) is 5.91 Å². The highest BCUT2D eigenvalue weighted by atomic mass is 19.1. The van der Waals surface area contributed by atoms with Crippen molar-refractivity contribution in [1.82, 2.24) is 5.32 Å². The number of barbiturate groups is 1. The zero-order chi connectivity index (χ0) is 14.3. The fourth-order valence-corrected chi connectivity index (χ4v) is 2.95. The minimum absolute atomic E-state index is 0.145. The van der Waals surface area contributed by atoms with Crippen molar-refractivity contribution in [3.05, 3.63) is 30.1 Å². The zero-order valence-electron chi connectivity index (χ0n) is 10.7. The second-order valence-corrected chi connectivity index (χ2v) is 5.17. The van der Waals surface area contributed by atoms with Crippen LogP contribution in [-0.2, 0) is 9.59 Å². The minimum Gasteiger partial charge on any atom is -0.276 e. The molecule has 104 valence electrons. The van der Waals surface area contributed by atoms with Crippen molar-refractivity contribution in [1.29, 1.82) is 0 Å². The van der Waals surface area contributed by atoms with Gasteiger partial charge < -0.3 is 0 Å². The number of carbonyl (C=O) groups excluding carboxylic acids is 3. The summed E-state index contributed by atoms with van der Waals surface area (Å²) in [6.45, 7) is 0. The molecule has 1 aliphatic heterocycles. The highest BCUT2D eigenvalue weighted by Crippen LogP contribution is 2.42. The van der Waals surface area contributed by atoms with Gasteiger partial charge in [0.05, 0.1) is 5.69 Å². The average Bonchev–Trinajstić information content (AvgIpc) is 2.87. The summed E-state index contributed by atoms with van der Waals surface area (Å²) in [5, 5.41) is 2.22. The number of halogens is 1. The van der Waals surface area contributed by atoms with Crippen LogP contribution < -0.4 is 10.2 Å². The smallest absolute Gasteiger partial charge is 0.276 e. The fraction of sp³-hybridized carbons (Fsp3) is 0.357. The van der Waals surface area contributed by atoms with E-state index >= 15 is 0 Å². The maximum Gasteiger partial charge on any atom is 0.335 e. The molecule has 1 N–H and O–H groups in total. The second kappa shape index (κ2) is 4.40. The van der Waals surface area contributed by atoms with Crippen LogP contribution in [0.2, 0.25) is 0 Å². The molecule has 0 atom stereocenters. The number of imide groups is 2. The zero-order valence-corrected chi connectivity index (χ0v) is 10.7. The lowest BCUT2D eigenvalue weighted by Crippen LogP contribution is -2.63. The van der Waals surface area contributed by atoms with Crippen LogP contribution in [0.4, 0.5) is 14.9 Å². The Kier molecular flexibility index (Phi) is 2.81. The molecule has 20 heavy (non-hydrogen) atoms. The second-order valence-electron chi connectivity index (χ2n) is 5.17. The van der Waals surface area contributed by atoms with E-state index in [2.05, 4.69) is 5.32 Å². The number of carbonyl (C=O) groups is 3. The summed E-state index contributed by atoms with van der Waals surface area (Å²) in [6, 6.07) is 4.41. The molecule has 1 aliphatic carbocycles. The lowest BCUT2D eigenvalue weighted by Gasteiger charge is -2.36. The molecule has 1 heterocycles. The Morgan fingerprint density at radius 3 is 2.50 bits per heavy atom. The third kappa shape index (κ3) is 1.71. The maximum absolute atomic E-state index is 13.3. The highest BCUT2D eigenvalue weighted by molar-refractivity contribution is 6.30. The third-order valence-corrected chi connectivity index (χ3v) is 3.99. The van der Waals surface area contributed by atoms with Crippen LogP contribution in [0.15, 0.2) is 24.3 Å². The van der Waals surface area contributed by atoms with Crippen LogP contribution in [0.1, 0.15) is 25.7 Å². The molecule has 1 aromatic rings. The summed E-state index contributed by atoms with van der Waals surface area (Å²) in [7, 11) is 0. The molecule has 2 fully saturated rings. The van der Waals surface area contributed by atoms with Crippen molar-refractivity contribution in [2.24, 2.45) is 5.41 Å². The molecule has 5 nitrogen and oxygen atoms in total. The summed E-state index contributed by atoms with van der Waals surface area (Å²) in [4.78, 5) is 37.4. The fourth-order valence-electron chi connectivity index (χ4n) is 2.95. The summed E-state index contributed by atoms with van der Waals surface area (Å²) in [5.41, 5.74) is -1.02. The van der Waals surface area contributed by atoms with Crippen LogP contribution >= 0.6 is 0 Å². The van der Waals surface area contributed by atoms with Crippen molar-refractivity contribution in [3.8, 4) is 0 Å². The molecule has 0 bridgehead atoms. The number of nitrogens with zero attached hydrogens (tertiary/aromatic N) is 1.